The lowest BCUT2D eigenvalue weighted by atomic mass is 9.96. The Balaban J connectivity index is 1.67. The first kappa shape index (κ1) is 15.8. The van der Waals surface area contributed by atoms with Gasteiger partial charge in [-0.05, 0) is 12.2 Å². The molecule has 0 aromatic carbocycles. The Hall–Kier alpha value is -1.57. The summed E-state index contributed by atoms with van der Waals surface area (Å²) in [4.78, 5) is 28.3. The zero-order valence-electron chi connectivity index (χ0n) is 12.5. The molecular weight excluding hydrogens is 292 g/mol. The summed E-state index contributed by atoms with van der Waals surface area (Å²) in [5.74, 6) is 2.63. The highest BCUT2D eigenvalue weighted by molar-refractivity contribution is 7.98. The molecule has 0 radical (unpaired) electrons. The summed E-state index contributed by atoms with van der Waals surface area (Å²) in [6.07, 6.45) is 0.754. The number of nitrogens with one attached hydrogen (secondary N) is 1. The third-order valence-electron chi connectivity index (χ3n) is 2.97. The average Bonchev–Trinajstić information content (AvgIpc) is 2.99. The Labute approximate surface area is 127 Å². The van der Waals surface area contributed by atoms with Gasteiger partial charge in [-0.15, -0.1) is 0 Å². The van der Waals surface area contributed by atoms with Crippen LogP contribution in [0.25, 0.3) is 0 Å². The summed E-state index contributed by atoms with van der Waals surface area (Å²) < 4.78 is 5.19. The number of aromatic nitrogens is 2. The summed E-state index contributed by atoms with van der Waals surface area (Å²) in [5.41, 5.74) is -0.115. The van der Waals surface area contributed by atoms with E-state index in [0.717, 1.165) is 12.2 Å². The minimum Gasteiger partial charge on any atom is -0.338 e. The molecule has 1 fully saturated rings. The van der Waals surface area contributed by atoms with Crippen LogP contribution in [-0.2, 0) is 16.0 Å². The topological polar surface area (TPSA) is 88.3 Å². The number of imide groups is 1. The summed E-state index contributed by atoms with van der Waals surface area (Å²) >= 11 is 1.65. The van der Waals surface area contributed by atoms with Gasteiger partial charge in [0.1, 0.15) is 0 Å². The van der Waals surface area contributed by atoms with E-state index in [4.69, 9.17) is 4.52 Å². The van der Waals surface area contributed by atoms with Crippen molar-refractivity contribution in [2.75, 3.05) is 18.8 Å². The number of hydrogen-bond donors (Lipinski definition) is 1. The van der Waals surface area contributed by atoms with Gasteiger partial charge in [0.2, 0.25) is 11.8 Å². The molecule has 0 atom stereocenters. The second-order valence-corrected chi connectivity index (χ2v) is 6.98. The van der Waals surface area contributed by atoms with E-state index < -0.39 is 0 Å². The molecule has 1 aliphatic heterocycles. The van der Waals surface area contributed by atoms with Crippen molar-refractivity contribution >= 4 is 23.7 Å². The summed E-state index contributed by atoms with van der Waals surface area (Å²) in [5, 5.41) is 6.46. The van der Waals surface area contributed by atoms with Gasteiger partial charge in [0.25, 0.3) is 0 Å². The second-order valence-electron chi connectivity index (χ2n) is 5.87. The van der Waals surface area contributed by atoms with Gasteiger partial charge in [0.15, 0.2) is 5.82 Å². The van der Waals surface area contributed by atoms with Crippen molar-refractivity contribution < 1.29 is 14.1 Å². The van der Waals surface area contributed by atoms with Crippen LogP contribution >= 0.6 is 11.8 Å². The lowest BCUT2D eigenvalue weighted by Crippen LogP contribution is -2.32. The molecule has 0 aliphatic carbocycles. The Bertz CT molecular complexity index is 508. The van der Waals surface area contributed by atoms with Crippen LogP contribution < -0.4 is 5.32 Å². The average molecular weight is 312 g/mol. The van der Waals surface area contributed by atoms with Crippen LogP contribution in [0.2, 0.25) is 0 Å². The Morgan fingerprint density at radius 1 is 1.38 bits per heavy atom. The van der Waals surface area contributed by atoms with E-state index in [1.807, 2.05) is 20.8 Å². The molecule has 1 N–H and O–H groups in total. The normalized spacial score (nSPS) is 15.7. The van der Waals surface area contributed by atoms with Crippen LogP contribution in [0.15, 0.2) is 4.52 Å². The minimum absolute atomic E-state index is 0.115. The molecule has 1 aliphatic rings. The number of urea groups is 1. The molecule has 0 saturated carbocycles. The van der Waals surface area contributed by atoms with Gasteiger partial charge in [0, 0.05) is 12.0 Å². The van der Waals surface area contributed by atoms with Gasteiger partial charge < -0.3 is 9.84 Å². The highest BCUT2D eigenvalue weighted by Crippen LogP contribution is 2.20. The largest absolute Gasteiger partial charge is 0.338 e. The van der Waals surface area contributed by atoms with E-state index >= 15 is 0 Å². The summed E-state index contributed by atoms with van der Waals surface area (Å²) in [6, 6.07) is -0.295. The molecule has 1 aromatic heterocycles. The number of amides is 3. The van der Waals surface area contributed by atoms with E-state index in [1.165, 1.54) is 4.90 Å². The van der Waals surface area contributed by atoms with Gasteiger partial charge in [0.05, 0.1) is 12.3 Å². The molecule has 0 spiro atoms. The fourth-order valence-electron chi connectivity index (χ4n) is 1.78. The number of hydrogen-bond acceptors (Lipinski definition) is 6. The van der Waals surface area contributed by atoms with Crippen molar-refractivity contribution in [3.8, 4) is 0 Å². The van der Waals surface area contributed by atoms with Crippen LogP contribution in [0.4, 0.5) is 4.79 Å². The molecule has 2 heterocycles. The molecule has 0 unspecified atom stereocenters. The fourth-order valence-corrected chi connectivity index (χ4v) is 2.55. The molecule has 8 heteroatoms. The molecule has 2 rings (SSSR count). The number of thioether (sulfide) groups is 1. The standard InChI is InChI=1S/C13H20N4O3S/c1-13(2,3)11-15-9(20-16-11)8-21-6-4-5-17-10(18)7-14-12(17)19/h4-8H2,1-3H3,(H,14,19). The van der Waals surface area contributed by atoms with Crippen molar-refractivity contribution in [2.24, 2.45) is 0 Å². The molecular formula is C13H20N4O3S. The van der Waals surface area contributed by atoms with Crippen molar-refractivity contribution in [1.82, 2.24) is 20.4 Å². The van der Waals surface area contributed by atoms with E-state index in [9.17, 15) is 9.59 Å². The van der Waals surface area contributed by atoms with Crippen molar-refractivity contribution in [3.63, 3.8) is 0 Å². The van der Waals surface area contributed by atoms with Gasteiger partial charge in [-0.1, -0.05) is 25.9 Å². The first-order valence-corrected chi connectivity index (χ1v) is 8.02. The maximum absolute atomic E-state index is 11.4. The van der Waals surface area contributed by atoms with Crippen LogP contribution in [-0.4, -0.2) is 45.8 Å². The first-order valence-electron chi connectivity index (χ1n) is 6.87. The number of rotatable bonds is 6. The highest BCUT2D eigenvalue weighted by Gasteiger charge is 2.27. The highest BCUT2D eigenvalue weighted by atomic mass is 32.2. The molecule has 1 saturated heterocycles. The SMILES string of the molecule is CC(C)(C)c1noc(CSCCCN2C(=O)CNC2=O)n1. The molecule has 7 nitrogen and oxygen atoms in total. The van der Waals surface area contributed by atoms with E-state index in [-0.39, 0.29) is 23.9 Å². The fraction of sp³-hybridized carbons (Fsp3) is 0.692. The second kappa shape index (κ2) is 6.46. The number of nitrogens with zero attached hydrogens (tertiary/aromatic N) is 3. The minimum atomic E-state index is -0.295. The lowest BCUT2D eigenvalue weighted by Gasteiger charge is -2.11. The van der Waals surface area contributed by atoms with E-state index in [2.05, 4.69) is 15.5 Å². The van der Waals surface area contributed by atoms with Crippen molar-refractivity contribution in [1.29, 1.82) is 0 Å². The molecule has 116 valence electrons. The summed E-state index contributed by atoms with van der Waals surface area (Å²) in [6.45, 7) is 6.67. The van der Waals surface area contributed by atoms with Crippen LogP contribution in [0.1, 0.15) is 38.9 Å². The Morgan fingerprint density at radius 2 is 2.14 bits per heavy atom. The molecule has 21 heavy (non-hydrogen) atoms. The first-order chi connectivity index (χ1) is 9.88. The maximum Gasteiger partial charge on any atom is 0.324 e. The quantitative estimate of drug-likeness (QED) is 0.633. The zero-order valence-corrected chi connectivity index (χ0v) is 13.3. The van der Waals surface area contributed by atoms with Gasteiger partial charge in [-0.2, -0.15) is 16.7 Å². The van der Waals surface area contributed by atoms with E-state index in [0.29, 0.717) is 24.0 Å². The molecule has 3 amide bonds. The van der Waals surface area contributed by atoms with Crippen LogP contribution in [0.3, 0.4) is 0 Å². The van der Waals surface area contributed by atoms with Crippen molar-refractivity contribution in [3.05, 3.63) is 11.7 Å². The van der Waals surface area contributed by atoms with E-state index in [1.54, 1.807) is 11.8 Å². The monoisotopic (exact) mass is 312 g/mol. The third kappa shape index (κ3) is 4.20. The predicted molar refractivity (Wildman–Crippen MR) is 78.9 cm³/mol. The Morgan fingerprint density at radius 3 is 2.71 bits per heavy atom. The number of carbonyl (C=O) groups is 2. The van der Waals surface area contributed by atoms with Gasteiger partial charge >= 0.3 is 6.03 Å². The molecule has 1 aromatic rings. The zero-order chi connectivity index (χ0) is 15.5. The Kier molecular flexibility index (Phi) is 4.87. The van der Waals surface area contributed by atoms with Crippen LogP contribution in [0.5, 0.6) is 0 Å². The maximum atomic E-state index is 11.4. The predicted octanol–water partition coefficient (Wildman–Crippen LogP) is 1.54. The summed E-state index contributed by atoms with van der Waals surface area (Å²) in [7, 11) is 0. The van der Waals surface area contributed by atoms with Gasteiger partial charge in [-0.25, -0.2) is 4.79 Å². The molecule has 0 bridgehead atoms. The smallest absolute Gasteiger partial charge is 0.324 e. The lowest BCUT2D eigenvalue weighted by molar-refractivity contribution is -0.124. The van der Waals surface area contributed by atoms with Crippen LogP contribution in [0, 0.1) is 0 Å². The number of carbonyl (C=O) groups excluding carboxylic acids is 2. The van der Waals surface area contributed by atoms with Gasteiger partial charge in [-0.3, -0.25) is 9.69 Å². The third-order valence-corrected chi connectivity index (χ3v) is 4.00. The van der Waals surface area contributed by atoms with Crippen molar-refractivity contribution in [2.45, 2.75) is 38.4 Å².